The molecule has 3 N–H and O–H groups in total. The SMILES string of the molecule is COC1OC(OC)C(O)(CCC2(C)C(C)CCC3(C)C(C(=O)O)=CCCC32)C1O. The third kappa shape index (κ3) is 3.45. The smallest absolute Gasteiger partial charge is 0.331 e. The molecule has 2 fully saturated rings. The van der Waals surface area contributed by atoms with Crippen molar-refractivity contribution >= 4 is 5.97 Å². The number of hydrogen-bond acceptors (Lipinski definition) is 6. The molecular weight excluding hydrogens is 376 g/mol. The van der Waals surface area contributed by atoms with Crippen molar-refractivity contribution in [2.24, 2.45) is 22.7 Å². The molecule has 0 aromatic carbocycles. The molecule has 0 aromatic heterocycles. The summed E-state index contributed by atoms with van der Waals surface area (Å²) < 4.78 is 16.0. The van der Waals surface area contributed by atoms with E-state index in [2.05, 4.69) is 20.8 Å². The molecule has 166 valence electrons. The van der Waals surface area contributed by atoms with Crippen LogP contribution in [0.2, 0.25) is 0 Å². The van der Waals surface area contributed by atoms with Gasteiger partial charge >= 0.3 is 5.97 Å². The van der Waals surface area contributed by atoms with Gasteiger partial charge in [0.2, 0.25) is 0 Å². The summed E-state index contributed by atoms with van der Waals surface area (Å²) in [6.07, 6.45) is 3.15. The average molecular weight is 413 g/mol. The number of fused-ring (bicyclic) bond motifs is 1. The zero-order valence-electron chi connectivity index (χ0n) is 18.2. The molecule has 1 saturated heterocycles. The summed E-state index contributed by atoms with van der Waals surface area (Å²) >= 11 is 0. The molecule has 1 aliphatic heterocycles. The molecule has 0 aromatic rings. The van der Waals surface area contributed by atoms with Crippen molar-refractivity contribution in [1.29, 1.82) is 0 Å². The molecule has 1 saturated carbocycles. The molecule has 2 aliphatic carbocycles. The van der Waals surface area contributed by atoms with E-state index in [1.165, 1.54) is 14.2 Å². The van der Waals surface area contributed by atoms with Gasteiger partial charge in [-0.1, -0.05) is 26.8 Å². The van der Waals surface area contributed by atoms with Crippen molar-refractivity contribution in [3.8, 4) is 0 Å². The quantitative estimate of drug-likeness (QED) is 0.616. The minimum Gasteiger partial charge on any atom is -0.478 e. The number of aliphatic carboxylic acids is 1. The number of allylic oxidation sites excluding steroid dienone is 1. The Morgan fingerprint density at radius 3 is 2.52 bits per heavy atom. The van der Waals surface area contributed by atoms with Crippen LogP contribution in [-0.4, -0.2) is 59.8 Å². The van der Waals surface area contributed by atoms with Crippen LogP contribution in [0.4, 0.5) is 0 Å². The van der Waals surface area contributed by atoms with E-state index >= 15 is 0 Å². The minimum atomic E-state index is -1.58. The minimum absolute atomic E-state index is 0.180. The fourth-order valence-electron chi connectivity index (χ4n) is 6.31. The van der Waals surface area contributed by atoms with E-state index in [-0.39, 0.29) is 23.2 Å². The number of carboxylic acids is 1. The Labute approximate surface area is 173 Å². The average Bonchev–Trinajstić information content (AvgIpc) is 2.93. The summed E-state index contributed by atoms with van der Waals surface area (Å²) in [6, 6.07) is 0. The highest BCUT2D eigenvalue weighted by atomic mass is 16.8. The number of aliphatic hydroxyl groups excluding tert-OH is 1. The molecule has 1 heterocycles. The Morgan fingerprint density at radius 2 is 1.93 bits per heavy atom. The van der Waals surface area contributed by atoms with E-state index in [1.807, 2.05) is 6.08 Å². The number of methoxy groups -OCH3 is 2. The monoisotopic (exact) mass is 412 g/mol. The van der Waals surface area contributed by atoms with Crippen molar-refractivity contribution < 1.29 is 34.3 Å². The fourth-order valence-corrected chi connectivity index (χ4v) is 6.31. The number of carboxylic acid groups (broad SMARTS) is 1. The van der Waals surface area contributed by atoms with Crippen LogP contribution in [0.3, 0.4) is 0 Å². The van der Waals surface area contributed by atoms with Crippen LogP contribution in [0.1, 0.15) is 59.3 Å². The van der Waals surface area contributed by atoms with Gasteiger partial charge in [-0.15, -0.1) is 0 Å². The summed E-state index contributed by atoms with van der Waals surface area (Å²) in [5, 5.41) is 31.7. The zero-order valence-corrected chi connectivity index (χ0v) is 18.2. The molecule has 29 heavy (non-hydrogen) atoms. The first-order chi connectivity index (χ1) is 13.5. The van der Waals surface area contributed by atoms with Crippen LogP contribution < -0.4 is 0 Å². The van der Waals surface area contributed by atoms with Crippen LogP contribution in [0.5, 0.6) is 0 Å². The van der Waals surface area contributed by atoms with E-state index in [1.54, 1.807) is 0 Å². The maximum absolute atomic E-state index is 11.9. The van der Waals surface area contributed by atoms with Crippen LogP contribution in [0, 0.1) is 22.7 Å². The summed E-state index contributed by atoms with van der Waals surface area (Å²) in [4.78, 5) is 11.9. The van der Waals surface area contributed by atoms with Gasteiger partial charge in [0.15, 0.2) is 12.6 Å². The van der Waals surface area contributed by atoms with Gasteiger partial charge in [-0.3, -0.25) is 0 Å². The van der Waals surface area contributed by atoms with Crippen molar-refractivity contribution in [3.63, 3.8) is 0 Å². The highest BCUT2D eigenvalue weighted by Crippen LogP contribution is 2.62. The topological polar surface area (TPSA) is 105 Å². The maximum Gasteiger partial charge on any atom is 0.331 e. The first-order valence-corrected chi connectivity index (χ1v) is 10.6. The molecule has 0 bridgehead atoms. The molecule has 8 unspecified atom stereocenters. The first kappa shape index (κ1) is 22.7. The van der Waals surface area contributed by atoms with Gasteiger partial charge in [-0.05, 0) is 55.8 Å². The van der Waals surface area contributed by atoms with Crippen molar-refractivity contribution in [1.82, 2.24) is 0 Å². The van der Waals surface area contributed by atoms with Gasteiger partial charge in [0.1, 0.15) is 11.7 Å². The molecule has 0 spiro atoms. The number of ether oxygens (including phenoxy) is 3. The van der Waals surface area contributed by atoms with Crippen molar-refractivity contribution in [3.05, 3.63) is 11.6 Å². The third-order valence-electron chi connectivity index (χ3n) is 8.38. The van der Waals surface area contributed by atoms with Crippen LogP contribution in [-0.2, 0) is 19.0 Å². The Bertz CT molecular complexity index is 660. The summed E-state index contributed by atoms with van der Waals surface area (Å²) in [5.41, 5.74) is -1.61. The largest absolute Gasteiger partial charge is 0.478 e. The molecule has 7 heteroatoms. The normalized spacial score (nSPS) is 47.6. The Balaban J connectivity index is 1.87. The summed E-state index contributed by atoms with van der Waals surface area (Å²) in [7, 11) is 2.86. The van der Waals surface area contributed by atoms with E-state index in [0.29, 0.717) is 17.9 Å². The van der Waals surface area contributed by atoms with E-state index in [4.69, 9.17) is 14.2 Å². The molecule has 3 rings (SSSR count). The van der Waals surface area contributed by atoms with Gasteiger partial charge in [0.25, 0.3) is 0 Å². The Morgan fingerprint density at radius 1 is 1.24 bits per heavy atom. The van der Waals surface area contributed by atoms with Crippen LogP contribution >= 0.6 is 0 Å². The van der Waals surface area contributed by atoms with Gasteiger partial charge < -0.3 is 29.5 Å². The van der Waals surface area contributed by atoms with Crippen molar-refractivity contribution in [2.75, 3.05) is 14.2 Å². The Kier molecular flexibility index (Phi) is 6.20. The second-order valence-corrected chi connectivity index (χ2v) is 9.66. The Hall–Kier alpha value is -0.990. The van der Waals surface area contributed by atoms with Crippen molar-refractivity contribution in [2.45, 2.75) is 83.6 Å². The molecule has 7 nitrogen and oxygen atoms in total. The van der Waals surface area contributed by atoms with E-state index in [9.17, 15) is 20.1 Å². The van der Waals surface area contributed by atoms with E-state index < -0.39 is 30.3 Å². The standard InChI is InChI=1S/C22H36O7/c1-13-9-10-21(3)14(17(24)25)7-6-8-15(21)20(13,2)11-12-22(26)16(23)18(27-4)29-19(22)28-5/h7,13,15-16,18-19,23,26H,6,8-12H2,1-5H3,(H,24,25). The van der Waals surface area contributed by atoms with Gasteiger partial charge in [0, 0.05) is 25.2 Å². The fraction of sp³-hybridized carbons (Fsp3) is 0.864. The molecule has 0 radical (unpaired) electrons. The van der Waals surface area contributed by atoms with Crippen LogP contribution in [0.25, 0.3) is 0 Å². The lowest BCUT2D eigenvalue weighted by molar-refractivity contribution is -0.221. The zero-order chi connectivity index (χ0) is 21.6. The predicted octanol–water partition coefficient (Wildman–Crippen LogP) is 2.70. The molecular formula is C22H36O7. The van der Waals surface area contributed by atoms with Gasteiger partial charge in [-0.25, -0.2) is 4.79 Å². The highest BCUT2D eigenvalue weighted by molar-refractivity contribution is 5.88. The molecule has 3 aliphatic rings. The predicted molar refractivity (Wildman–Crippen MR) is 106 cm³/mol. The lowest BCUT2D eigenvalue weighted by Crippen LogP contribution is -2.54. The first-order valence-electron chi connectivity index (χ1n) is 10.6. The number of rotatable bonds is 6. The van der Waals surface area contributed by atoms with Gasteiger partial charge in [-0.2, -0.15) is 0 Å². The second kappa shape index (κ2) is 7.93. The number of aliphatic hydroxyl groups is 2. The summed E-state index contributed by atoms with van der Waals surface area (Å²) in [6.45, 7) is 6.52. The molecule has 8 atom stereocenters. The van der Waals surface area contributed by atoms with Gasteiger partial charge in [0.05, 0.1) is 0 Å². The lowest BCUT2D eigenvalue weighted by Gasteiger charge is -2.58. The number of hydrogen-bond donors (Lipinski definition) is 3. The highest BCUT2D eigenvalue weighted by Gasteiger charge is 2.59. The van der Waals surface area contributed by atoms with Crippen LogP contribution in [0.15, 0.2) is 11.6 Å². The summed E-state index contributed by atoms with van der Waals surface area (Å²) in [5.74, 6) is -0.261. The third-order valence-corrected chi connectivity index (χ3v) is 8.38. The van der Waals surface area contributed by atoms with E-state index in [0.717, 1.165) is 25.7 Å². The maximum atomic E-state index is 11.9. The lowest BCUT2D eigenvalue weighted by atomic mass is 9.46. The molecule has 0 amide bonds. The second-order valence-electron chi connectivity index (χ2n) is 9.66. The number of carbonyl (C=O) groups is 1.